The Balaban J connectivity index is 1.61. The average Bonchev–Trinajstić information content (AvgIpc) is 2.92. The summed E-state index contributed by atoms with van der Waals surface area (Å²) < 4.78 is 3.99. The summed E-state index contributed by atoms with van der Waals surface area (Å²) in [5.41, 5.74) is 2.29. The third-order valence-electron chi connectivity index (χ3n) is 3.10. The molecule has 0 aliphatic heterocycles. The Bertz CT molecular complexity index is 494. The zero-order valence-corrected chi connectivity index (χ0v) is 10.0. The molecule has 2 heterocycles. The number of hydrogen-bond donors (Lipinski definition) is 1. The fraction of sp³-hybridized carbons (Fsp3) is 0.500. The van der Waals surface area contributed by atoms with Crippen molar-refractivity contribution in [2.24, 2.45) is 7.05 Å². The van der Waals surface area contributed by atoms with E-state index in [1.807, 2.05) is 30.3 Å². The maximum atomic E-state index is 4.40. The Kier molecular flexibility index (Phi) is 2.68. The minimum Gasteiger partial charge on any atom is -0.331 e. The van der Waals surface area contributed by atoms with Crippen molar-refractivity contribution in [3.63, 3.8) is 0 Å². The van der Waals surface area contributed by atoms with Gasteiger partial charge in [-0.15, -0.1) is 0 Å². The van der Waals surface area contributed by atoms with Gasteiger partial charge >= 0.3 is 0 Å². The number of aryl methyl sites for hydroxylation is 1. The molecule has 0 radical (unpaired) electrons. The van der Waals surface area contributed by atoms with Crippen LogP contribution in [0.4, 0.5) is 0 Å². The summed E-state index contributed by atoms with van der Waals surface area (Å²) in [5.74, 6) is 0. The van der Waals surface area contributed by atoms with Crippen molar-refractivity contribution < 1.29 is 0 Å². The van der Waals surface area contributed by atoms with E-state index in [0.29, 0.717) is 0 Å². The Hall–Kier alpha value is -1.62. The monoisotopic (exact) mass is 231 g/mol. The van der Waals surface area contributed by atoms with Crippen molar-refractivity contribution in [2.75, 3.05) is 0 Å². The first-order valence-electron chi connectivity index (χ1n) is 6.02. The van der Waals surface area contributed by atoms with Crippen LogP contribution >= 0.6 is 0 Å². The van der Waals surface area contributed by atoms with Crippen LogP contribution < -0.4 is 5.32 Å². The minimum atomic E-state index is 0.734. The molecule has 0 unspecified atom stereocenters. The first-order chi connectivity index (χ1) is 8.31. The maximum absolute atomic E-state index is 4.40. The van der Waals surface area contributed by atoms with Gasteiger partial charge in [0, 0.05) is 32.0 Å². The van der Waals surface area contributed by atoms with E-state index in [1.165, 1.54) is 18.5 Å². The second-order valence-corrected chi connectivity index (χ2v) is 4.64. The van der Waals surface area contributed by atoms with Gasteiger partial charge in [-0.05, 0) is 18.9 Å². The SMILES string of the molecule is Cn1nccc1Cn1cnc(CNC2CC2)c1. The lowest BCUT2D eigenvalue weighted by Gasteiger charge is -2.02. The molecule has 1 fully saturated rings. The lowest BCUT2D eigenvalue weighted by molar-refractivity contribution is 0.661. The first-order valence-corrected chi connectivity index (χ1v) is 6.02. The standard InChI is InChI=1S/C12H17N5/c1-16-12(4-5-15-16)8-17-7-11(14-9-17)6-13-10-2-3-10/h4-5,7,9-10,13H,2-3,6,8H2,1H3. The maximum Gasteiger partial charge on any atom is 0.0953 e. The zero-order valence-electron chi connectivity index (χ0n) is 10.0. The Morgan fingerprint density at radius 1 is 1.47 bits per heavy atom. The third-order valence-corrected chi connectivity index (χ3v) is 3.10. The van der Waals surface area contributed by atoms with Crippen molar-refractivity contribution in [1.29, 1.82) is 0 Å². The second-order valence-electron chi connectivity index (χ2n) is 4.64. The van der Waals surface area contributed by atoms with Gasteiger partial charge in [0.2, 0.25) is 0 Å². The van der Waals surface area contributed by atoms with Crippen molar-refractivity contribution in [3.05, 3.63) is 36.2 Å². The van der Waals surface area contributed by atoms with E-state index < -0.39 is 0 Å². The van der Waals surface area contributed by atoms with Gasteiger partial charge in [-0.3, -0.25) is 4.68 Å². The lowest BCUT2D eigenvalue weighted by atomic mass is 10.4. The summed E-state index contributed by atoms with van der Waals surface area (Å²) in [6, 6.07) is 2.76. The van der Waals surface area contributed by atoms with Crippen molar-refractivity contribution >= 4 is 0 Å². The van der Waals surface area contributed by atoms with Crippen LogP contribution in [0.5, 0.6) is 0 Å². The van der Waals surface area contributed by atoms with Crippen LogP contribution in [0.1, 0.15) is 24.2 Å². The molecule has 1 N–H and O–H groups in total. The van der Waals surface area contributed by atoms with Gasteiger partial charge in [0.25, 0.3) is 0 Å². The normalized spacial score (nSPS) is 15.4. The number of imidazole rings is 1. The van der Waals surface area contributed by atoms with Crippen LogP contribution in [0.15, 0.2) is 24.8 Å². The lowest BCUT2D eigenvalue weighted by Crippen LogP contribution is -2.15. The van der Waals surface area contributed by atoms with Crippen molar-refractivity contribution in [2.45, 2.75) is 32.0 Å². The van der Waals surface area contributed by atoms with Gasteiger partial charge in [0.15, 0.2) is 0 Å². The molecule has 3 rings (SSSR count). The van der Waals surface area contributed by atoms with Crippen molar-refractivity contribution in [3.8, 4) is 0 Å². The Labute approximate surface area is 100 Å². The largest absolute Gasteiger partial charge is 0.331 e. The van der Waals surface area contributed by atoms with Crippen LogP contribution in [0, 0.1) is 0 Å². The average molecular weight is 231 g/mol. The summed E-state index contributed by atoms with van der Waals surface area (Å²) >= 11 is 0. The smallest absolute Gasteiger partial charge is 0.0953 e. The number of hydrogen-bond acceptors (Lipinski definition) is 3. The van der Waals surface area contributed by atoms with E-state index in [1.54, 1.807) is 0 Å². The Morgan fingerprint density at radius 2 is 2.35 bits per heavy atom. The molecular weight excluding hydrogens is 214 g/mol. The molecule has 5 heteroatoms. The van der Waals surface area contributed by atoms with E-state index in [9.17, 15) is 0 Å². The predicted octanol–water partition coefficient (Wildman–Crippen LogP) is 0.917. The highest BCUT2D eigenvalue weighted by atomic mass is 15.3. The Morgan fingerprint density at radius 3 is 3.06 bits per heavy atom. The molecule has 0 spiro atoms. The molecule has 1 aliphatic rings. The van der Waals surface area contributed by atoms with Gasteiger partial charge in [0.1, 0.15) is 0 Å². The van der Waals surface area contributed by atoms with Crippen LogP contribution in [0.25, 0.3) is 0 Å². The highest BCUT2D eigenvalue weighted by Crippen LogP contribution is 2.19. The first kappa shape index (κ1) is 10.5. The van der Waals surface area contributed by atoms with Crippen LogP contribution in [0.3, 0.4) is 0 Å². The second kappa shape index (κ2) is 4.33. The molecule has 0 bridgehead atoms. The molecule has 90 valence electrons. The summed E-state index contributed by atoms with van der Waals surface area (Å²) in [6.07, 6.45) is 8.44. The summed E-state index contributed by atoms with van der Waals surface area (Å²) in [4.78, 5) is 4.40. The quantitative estimate of drug-likeness (QED) is 0.832. The van der Waals surface area contributed by atoms with Gasteiger partial charge in [0.05, 0.1) is 24.3 Å². The fourth-order valence-corrected chi connectivity index (χ4v) is 1.86. The molecule has 0 atom stereocenters. The third kappa shape index (κ3) is 2.55. The van der Waals surface area contributed by atoms with Gasteiger partial charge in [-0.2, -0.15) is 5.10 Å². The highest BCUT2D eigenvalue weighted by molar-refractivity contribution is 5.04. The molecule has 2 aromatic heterocycles. The summed E-state index contributed by atoms with van der Waals surface area (Å²) in [7, 11) is 1.96. The van der Waals surface area contributed by atoms with Crippen LogP contribution in [0.2, 0.25) is 0 Å². The number of rotatable bonds is 5. The molecule has 2 aromatic rings. The molecule has 5 nitrogen and oxygen atoms in total. The molecule has 1 aliphatic carbocycles. The number of aromatic nitrogens is 4. The molecule has 0 amide bonds. The van der Waals surface area contributed by atoms with Gasteiger partial charge < -0.3 is 9.88 Å². The zero-order chi connectivity index (χ0) is 11.7. The summed E-state index contributed by atoms with van der Waals surface area (Å²) in [5, 5.41) is 7.62. The van der Waals surface area contributed by atoms with Gasteiger partial charge in [-0.25, -0.2) is 4.98 Å². The van der Waals surface area contributed by atoms with Crippen LogP contribution in [-0.4, -0.2) is 25.4 Å². The minimum absolute atomic E-state index is 0.734. The van der Waals surface area contributed by atoms with E-state index in [0.717, 1.165) is 24.8 Å². The van der Waals surface area contributed by atoms with Crippen LogP contribution in [-0.2, 0) is 20.1 Å². The number of nitrogens with one attached hydrogen (secondary N) is 1. The fourth-order valence-electron chi connectivity index (χ4n) is 1.86. The predicted molar refractivity (Wildman–Crippen MR) is 64.4 cm³/mol. The molecular formula is C12H17N5. The van der Waals surface area contributed by atoms with Gasteiger partial charge in [-0.1, -0.05) is 0 Å². The van der Waals surface area contributed by atoms with E-state index in [-0.39, 0.29) is 0 Å². The topological polar surface area (TPSA) is 47.7 Å². The van der Waals surface area contributed by atoms with E-state index in [4.69, 9.17) is 0 Å². The van der Waals surface area contributed by atoms with Crippen molar-refractivity contribution in [1.82, 2.24) is 24.6 Å². The van der Waals surface area contributed by atoms with E-state index in [2.05, 4.69) is 26.2 Å². The molecule has 17 heavy (non-hydrogen) atoms. The summed E-state index contributed by atoms with van der Waals surface area (Å²) in [6.45, 7) is 1.70. The molecule has 0 aromatic carbocycles. The highest BCUT2D eigenvalue weighted by Gasteiger charge is 2.20. The number of nitrogens with zero attached hydrogens (tertiary/aromatic N) is 4. The molecule has 0 saturated heterocycles. The van der Waals surface area contributed by atoms with E-state index >= 15 is 0 Å². The molecule has 1 saturated carbocycles.